The minimum atomic E-state index is -1.00. The van der Waals surface area contributed by atoms with E-state index in [1.165, 1.54) is 13.4 Å². The molecule has 0 saturated heterocycles. The standard InChI is InChI=1S/C23H29N5O5/c1-23(2,3)33-22(31)28-18(10-15-12-24-13-26-15)20(29)27-19(21(30)32-4)9-14-11-25-17-8-6-5-7-16(14)17/h5-8,11-13,18-19,25H,9-10H2,1-4H3,(H,24,26)(H,27,29)(H,28,31)/t18-,19-/m0/s1. The molecule has 33 heavy (non-hydrogen) atoms. The van der Waals surface area contributed by atoms with Gasteiger partial charge in [0.25, 0.3) is 0 Å². The van der Waals surface area contributed by atoms with Crippen LogP contribution >= 0.6 is 0 Å². The Balaban J connectivity index is 1.78. The summed E-state index contributed by atoms with van der Waals surface area (Å²) in [7, 11) is 1.26. The van der Waals surface area contributed by atoms with Gasteiger partial charge in [0.15, 0.2) is 0 Å². The average molecular weight is 456 g/mol. The number of fused-ring (bicyclic) bond motifs is 1. The Morgan fingerprint density at radius 3 is 2.48 bits per heavy atom. The number of aromatic amines is 2. The Bertz CT molecular complexity index is 1100. The van der Waals surface area contributed by atoms with Crippen molar-refractivity contribution in [2.24, 2.45) is 0 Å². The highest BCUT2D eigenvalue weighted by Gasteiger charge is 2.30. The van der Waals surface area contributed by atoms with E-state index in [1.54, 1.807) is 33.2 Å². The number of para-hydroxylation sites is 1. The van der Waals surface area contributed by atoms with Gasteiger partial charge in [-0.25, -0.2) is 14.6 Å². The number of ether oxygens (including phenoxy) is 2. The van der Waals surface area contributed by atoms with Crippen LogP contribution in [0.2, 0.25) is 0 Å². The fourth-order valence-corrected chi connectivity index (χ4v) is 3.40. The normalized spacial score (nSPS) is 13.2. The van der Waals surface area contributed by atoms with E-state index in [2.05, 4.69) is 25.6 Å². The fourth-order valence-electron chi connectivity index (χ4n) is 3.40. The highest BCUT2D eigenvalue weighted by molar-refractivity contribution is 5.91. The average Bonchev–Trinajstić information content (AvgIpc) is 3.41. The molecule has 0 unspecified atom stereocenters. The van der Waals surface area contributed by atoms with Gasteiger partial charge < -0.3 is 30.1 Å². The quantitative estimate of drug-likeness (QED) is 0.384. The molecule has 0 aliphatic heterocycles. The van der Waals surface area contributed by atoms with Crippen LogP contribution in [0.5, 0.6) is 0 Å². The number of methoxy groups -OCH3 is 1. The van der Waals surface area contributed by atoms with Crippen LogP contribution in [0.4, 0.5) is 4.79 Å². The number of hydrogen-bond donors (Lipinski definition) is 4. The van der Waals surface area contributed by atoms with Crippen LogP contribution in [0, 0.1) is 0 Å². The van der Waals surface area contributed by atoms with Crippen molar-refractivity contribution >= 4 is 28.9 Å². The number of amides is 2. The summed E-state index contributed by atoms with van der Waals surface area (Å²) in [4.78, 5) is 48.0. The van der Waals surface area contributed by atoms with E-state index < -0.39 is 35.7 Å². The molecule has 176 valence electrons. The number of imidazole rings is 1. The summed E-state index contributed by atoms with van der Waals surface area (Å²) in [6, 6.07) is 5.71. The lowest BCUT2D eigenvalue weighted by Gasteiger charge is -2.24. The minimum Gasteiger partial charge on any atom is -0.467 e. The van der Waals surface area contributed by atoms with Crippen molar-refractivity contribution in [3.8, 4) is 0 Å². The van der Waals surface area contributed by atoms with Crippen molar-refractivity contribution in [1.82, 2.24) is 25.6 Å². The number of carbonyl (C=O) groups excluding carboxylic acids is 3. The van der Waals surface area contributed by atoms with Gasteiger partial charge in [-0.1, -0.05) is 18.2 Å². The second-order valence-corrected chi connectivity index (χ2v) is 8.63. The summed E-state index contributed by atoms with van der Waals surface area (Å²) in [6.07, 6.45) is 4.44. The second kappa shape index (κ2) is 10.2. The van der Waals surface area contributed by atoms with E-state index in [-0.39, 0.29) is 12.8 Å². The van der Waals surface area contributed by atoms with Crippen LogP contribution in [-0.4, -0.2) is 57.7 Å². The van der Waals surface area contributed by atoms with Crippen molar-refractivity contribution in [3.05, 3.63) is 54.2 Å². The summed E-state index contributed by atoms with van der Waals surface area (Å²) in [5.41, 5.74) is 1.68. The predicted molar refractivity (Wildman–Crippen MR) is 121 cm³/mol. The van der Waals surface area contributed by atoms with E-state index in [9.17, 15) is 14.4 Å². The smallest absolute Gasteiger partial charge is 0.408 e. The number of benzene rings is 1. The minimum absolute atomic E-state index is 0.131. The molecule has 3 aromatic rings. The first-order valence-electron chi connectivity index (χ1n) is 10.6. The molecule has 2 amide bonds. The van der Waals surface area contributed by atoms with Gasteiger partial charge in [0.05, 0.1) is 13.4 Å². The summed E-state index contributed by atoms with van der Waals surface area (Å²) in [5, 5.41) is 6.25. The molecule has 0 aliphatic rings. The lowest BCUT2D eigenvalue weighted by molar-refractivity contribution is -0.145. The molecular weight excluding hydrogens is 426 g/mol. The van der Waals surface area contributed by atoms with E-state index in [1.807, 2.05) is 24.3 Å². The molecule has 0 bridgehead atoms. The number of hydrogen-bond acceptors (Lipinski definition) is 6. The number of rotatable bonds is 8. The molecule has 3 rings (SSSR count). The summed E-state index contributed by atoms with van der Waals surface area (Å²) >= 11 is 0. The van der Waals surface area contributed by atoms with Crippen molar-refractivity contribution in [2.45, 2.75) is 51.3 Å². The van der Waals surface area contributed by atoms with Crippen molar-refractivity contribution < 1.29 is 23.9 Å². The molecule has 0 saturated carbocycles. The first-order valence-corrected chi connectivity index (χ1v) is 10.6. The predicted octanol–water partition coefficient (Wildman–Crippen LogP) is 2.23. The largest absolute Gasteiger partial charge is 0.467 e. The molecule has 1 aromatic carbocycles. The molecule has 2 heterocycles. The van der Waals surface area contributed by atoms with E-state index in [0.717, 1.165) is 16.5 Å². The van der Waals surface area contributed by atoms with Gasteiger partial charge in [0.2, 0.25) is 5.91 Å². The highest BCUT2D eigenvalue weighted by atomic mass is 16.6. The van der Waals surface area contributed by atoms with E-state index in [0.29, 0.717) is 5.69 Å². The lowest BCUT2D eigenvalue weighted by Crippen LogP contribution is -2.54. The molecule has 0 aliphatic carbocycles. The SMILES string of the molecule is COC(=O)[C@H](Cc1c[nH]c2ccccc12)NC(=O)[C@H](Cc1cnc[nH]1)NC(=O)OC(C)(C)C. The van der Waals surface area contributed by atoms with Gasteiger partial charge in [0, 0.05) is 41.8 Å². The first kappa shape index (κ1) is 23.8. The fraction of sp³-hybridized carbons (Fsp3) is 0.391. The van der Waals surface area contributed by atoms with Crippen molar-refractivity contribution in [2.75, 3.05) is 7.11 Å². The van der Waals surface area contributed by atoms with Gasteiger partial charge in [-0.3, -0.25) is 4.79 Å². The second-order valence-electron chi connectivity index (χ2n) is 8.63. The zero-order valence-electron chi connectivity index (χ0n) is 19.1. The molecule has 10 heteroatoms. The van der Waals surface area contributed by atoms with Crippen LogP contribution in [-0.2, 0) is 31.9 Å². The van der Waals surface area contributed by atoms with Crippen LogP contribution in [0.1, 0.15) is 32.0 Å². The molecule has 0 fully saturated rings. The van der Waals surface area contributed by atoms with Crippen LogP contribution in [0.3, 0.4) is 0 Å². The monoisotopic (exact) mass is 455 g/mol. The maximum Gasteiger partial charge on any atom is 0.408 e. The van der Waals surface area contributed by atoms with Gasteiger partial charge in [-0.2, -0.15) is 0 Å². The van der Waals surface area contributed by atoms with Gasteiger partial charge in [-0.15, -0.1) is 0 Å². The number of nitrogens with zero attached hydrogens (tertiary/aromatic N) is 1. The molecule has 10 nitrogen and oxygen atoms in total. The number of nitrogens with one attached hydrogen (secondary N) is 4. The van der Waals surface area contributed by atoms with Gasteiger partial charge in [-0.05, 0) is 32.4 Å². The lowest BCUT2D eigenvalue weighted by atomic mass is 10.0. The van der Waals surface area contributed by atoms with Crippen molar-refractivity contribution in [3.63, 3.8) is 0 Å². The zero-order chi connectivity index (χ0) is 24.0. The number of carbonyl (C=O) groups is 3. The third-order valence-corrected chi connectivity index (χ3v) is 4.89. The molecular formula is C23H29N5O5. The highest BCUT2D eigenvalue weighted by Crippen LogP contribution is 2.19. The topological polar surface area (TPSA) is 138 Å². The molecule has 4 N–H and O–H groups in total. The van der Waals surface area contributed by atoms with Gasteiger partial charge in [0.1, 0.15) is 17.7 Å². The van der Waals surface area contributed by atoms with Crippen LogP contribution in [0.25, 0.3) is 10.9 Å². The van der Waals surface area contributed by atoms with E-state index >= 15 is 0 Å². The maximum atomic E-state index is 13.2. The first-order chi connectivity index (χ1) is 15.7. The Hall–Kier alpha value is -3.82. The molecule has 2 atom stereocenters. The third-order valence-electron chi connectivity index (χ3n) is 4.89. The van der Waals surface area contributed by atoms with E-state index in [4.69, 9.17) is 9.47 Å². The van der Waals surface area contributed by atoms with Crippen LogP contribution < -0.4 is 10.6 Å². The van der Waals surface area contributed by atoms with Crippen molar-refractivity contribution in [1.29, 1.82) is 0 Å². The maximum absolute atomic E-state index is 13.2. The van der Waals surface area contributed by atoms with Gasteiger partial charge >= 0.3 is 12.1 Å². The number of alkyl carbamates (subject to hydrolysis) is 1. The number of aromatic nitrogens is 3. The summed E-state index contributed by atoms with van der Waals surface area (Å²) < 4.78 is 10.2. The van der Waals surface area contributed by atoms with Crippen LogP contribution in [0.15, 0.2) is 43.0 Å². The molecule has 0 spiro atoms. The summed E-state index contributed by atoms with van der Waals surface area (Å²) in [6.45, 7) is 5.18. The number of H-pyrrole nitrogens is 2. The molecule has 0 radical (unpaired) electrons. The number of esters is 1. The Labute approximate surface area is 191 Å². The molecule has 2 aromatic heterocycles. The summed E-state index contributed by atoms with van der Waals surface area (Å²) in [5.74, 6) is -1.14. The Kier molecular flexibility index (Phi) is 7.37. The zero-order valence-corrected chi connectivity index (χ0v) is 19.1. The Morgan fingerprint density at radius 1 is 1.06 bits per heavy atom. The third kappa shape index (κ3) is 6.58. The Morgan fingerprint density at radius 2 is 1.82 bits per heavy atom.